The quantitative estimate of drug-likeness (QED) is 0.781. The first-order chi connectivity index (χ1) is 9.78. The Bertz CT molecular complexity index is 555. The molecule has 0 saturated heterocycles. The molecule has 2 amide bonds. The molecule has 0 aromatic heterocycles. The van der Waals surface area contributed by atoms with E-state index in [-0.39, 0.29) is 6.03 Å². The predicted octanol–water partition coefficient (Wildman–Crippen LogP) is 2.73. The van der Waals surface area contributed by atoms with Crippen LogP contribution < -0.4 is 16.0 Å². The summed E-state index contributed by atoms with van der Waals surface area (Å²) < 4.78 is 0. The second kappa shape index (κ2) is 7.31. The number of urea groups is 1. The molecule has 4 heteroatoms. The van der Waals surface area contributed by atoms with E-state index in [0.29, 0.717) is 6.54 Å². The average Bonchev–Trinajstić information content (AvgIpc) is 2.47. The maximum atomic E-state index is 11.8. The summed E-state index contributed by atoms with van der Waals surface area (Å²) in [5.41, 5.74) is 3.00. The molecule has 0 heterocycles. The zero-order chi connectivity index (χ0) is 14.2. The number of nitrogens with one attached hydrogen (secondary N) is 3. The Balaban J connectivity index is 1.86. The van der Waals surface area contributed by atoms with Crippen molar-refractivity contribution < 1.29 is 4.79 Å². The minimum Gasteiger partial charge on any atom is -0.334 e. The molecule has 2 aromatic carbocycles. The van der Waals surface area contributed by atoms with Crippen molar-refractivity contribution in [3.8, 4) is 0 Å². The van der Waals surface area contributed by atoms with Crippen molar-refractivity contribution in [2.45, 2.75) is 13.1 Å². The minimum absolute atomic E-state index is 0.199. The number of rotatable bonds is 5. The summed E-state index contributed by atoms with van der Waals surface area (Å²) in [6, 6.07) is 17.4. The second-order valence-electron chi connectivity index (χ2n) is 4.52. The molecule has 3 N–H and O–H groups in total. The molecule has 0 aliphatic carbocycles. The molecule has 0 bridgehead atoms. The van der Waals surface area contributed by atoms with E-state index in [0.717, 1.165) is 23.4 Å². The Kier molecular flexibility index (Phi) is 5.15. The van der Waals surface area contributed by atoms with E-state index in [1.807, 2.05) is 61.6 Å². The summed E-state index contributed by atoms with van der Waals surface area (Å²) in [6.45, 7) is 1.30. The highest BCUT2D eigenvalue weighted by atomic mass is 16.2. The van der Waals surface area contributed by atoms with Crippen LogP contribution in [0.4, 0.5) is 10.5 Å². The number of carbonyl (C=O) groups is 1. The van der Waals surface area contributed by atoms with E-state index in [1.165, 1.54) is 0 Å². The van der Waals surface area contributed by atoms with Gasteiger partial charge in [0, 0.05) is 18.8 Å². The molecule has 104 valence electrons. The van der Waals surface area contributed by atoms with Gasteiger partial charge in [0.25, 0.3) is 0 Å². The first-order valence-electron chi connectivity index (χ1n) is 6.60. The highest BCUT2D eigenvalue weighted by Crippen LogP contribution is 2.10. The van der Waals surface area contributed by atoms with Crippen LogP contribution in [0.25, 0.3) is 0 Å². The molecule has 0 radical (unpaired) electrons. The number of amides is 2. The number of hydrogen-bond acceptors (Lipinski definition) is 2. The van der Waals surface area contributed by atoms with E-state index in [4.69, 9.17) is 0 Å². The lowest BCUT2D eigenvalue weighted by molar-refractivity contribution is 0.251. The van der Waals surface area contributed by atoms with Crippen molar-refractivity contribution in [2.24, 2.45) is 0 Å². The number of anilines is 1. The van der Waals surface area contributed by atoms with Gasteiger partial charge in [0.15, 0.2) is 0 Å². The molecule has 2 aromatic rings. The third-order valence-electron chi connectivity index (χ3n) is 2.86. The van der Waals surface area contributed by atoms with Gasteiger partial charge in [-0.2, -0.15) is 0 Å². The molecule has 4 nitrogen and oxygen atoms in total. The lowest BCUT2D eigenvalue weighted by atomic mass is 10.2. The normalized spacial score (nSPS) is 10.1. The van der Waals surface area contributed by atoms with Crippen LogP contribution in [0.1, 0.15) is 11.1 Å². The van der Waals surface area contributed by atoms with Crippen LogP contribution in [0, 0.1) is 0 Å². The lowest BCUT2D eigenvalue weighted by Gasteiger charge is -2.09. The van der Waals surface area contributed by atoms with E-state index in [9.17, 15) is 4.79 Å². The van der Waals surface area contributed by atoms with Gasteiger partial charge in [-0.3, -0.25) is 0 Å². The molecule has 20 heavy (non-hydrogen) atoms. The van der Waals surface area contributed by atoms with Gasteiger partial charge in [-0.15, -0.1) is 0 Å². The topological polar surface area (TPSA) is 53.2 Å². The second-order valence-corrected chi connectivity index (χ2v) is 4.52. The molecule has 0 fully saturated rings. The standard InChI is InChI=1S/C16H19N3O/c1-17-11-14-8-5-9-15(10-14)19-16(20)18-12-13-6-3-2-4-7-13/h2-10,17H,11-12H2,1H3,(H2,18,19,20). The minimum atomic E-state index is -0.199. The smallest absolute Gasteiger partial charge is 0.319 e. The maximum Gasteiger partial charge on any atom is 0.319 e. The highest BCUT2D eigenvalue weighted by Gasteiger charge is 2.02. The lowest BCUT2D eigenvalue weighted by Crippen LogP contribution is -2.28. The van der Waals surface area contributed by atoms with Crippen LogP contribution in [0.5, 0.6) is 0 Å². The Labute approximate surface area is 119 Å². The van der Waals surface area contributed by atoms with Gasteiger partial charge in [-0.1, -0.05) is 42.5 Å². The van der Waals surface area contributed by atoms with Gasteiger partial charge in [0.1, 0.15) is 0 Å². The zero-order valence-corrected chi connectivity index (χ0v) is 11.5. The molecular formula is C16H19N3O. The Morgan fingerprint density at radius 3 is 2.45 bits per heavy atom. The third-order valence-corrected chi connectivity index (χ3v) is 2.86. The Hall–Kier alpha value is -2.33. The zero-order valence-electron chi connectivity index (χ0n) is 11.5. The molecule has 0 unspecified atom stereocenters. The Morgan fingerprint density at radius 2 is 1.70 bits per heavy atom. The van der Waals surface area contributed by atoms with E-state index in [1.54, 1.807) is 0 Å². The monoisotopic (exact) mass is 269 g/mol. The van der Waals surface area contributed by atoms with Crippen molar-refractivity contribution in [3.63, 3.8) is 0 Å². The van der Waals surface area contributed by atoms with Crippen LogP contribution in [0.3, 0.4) is 0 Å². The van der Waals surface area contributed by atoms with Crippen molar-refractivity contribution in [2.75, 3.05) is 12.4 Å². The number of benzene rings is 2. The van der Waals surface area contributed by atoms with Gasteiger partial charge >= 0.3 is 6.03 Å². The van der Waals surface area contributed by atoms with E-state index >= 15 is 0 Å². The summed E-state index contributed by atoms with van der Waals surface area (Å²) >= 11 is 0. The van der Waals surface area contributed by atoms with E-state index < -0.39 is 0 Å². The maximum absolute atomic E-state index is 11.8. The fourth-order valence-corrected chi connectivity index (χ4v) is 1.92. The summed E-state index contributed by atoms with van der Waals surface area (Å²) in [5.74, 6) is 0. The fraction of sp³-hybridized carbons (Fsp3) is 0.188. The molecule has 0 atom stereocenters. The fourth-order valence-electron chi connectivity index (χ4n) is 1.92. The van der Waals surface area contributed by atoms with Gasteiger partial charge < -0.3 is 16.0 Å². The van der Waals surface area contributed by atoms with Crippen LogP contribution in [0.15, 0.2) is 54.6 Å². The summed E-state index contributed by atoms with van der Waals surface area (Å²) in [7, 11) is 1.90. The SMILES string of the molecule is CNCc1cccc(NC(=O)NCc2ccccc2)c1. The van der Waals surface area contributed by atoms with Crippen molar-refractivity contribution >= 4 is 11.7 Å². The molecule has 0 spiro atoms. The molecular weight excluding hydrogens is 250 g/mol. The predicted molar refractivity (Wildman–Crippen MR) is 81.5 cm³/mol. The Morgan fingerprint density at radius 1 is 0.950 bits per heavy atom. The van der Waals surface area contributed by atoms with E-state index in [2.05, 4.69) is 16.0 Å². The van der Waals surface area contributed by atoms with Gasteiger partial charge in [-0.05, 0) is 30.3 Å². The van der Waals surface area contributed by atoms with Gasteiger partial charge in [-0.25, -0.2) is 4.79 Å². The largest absolute Gasteiger partial charge is 0.334 e. The molecule has 0 aliphatic rings. The van der Waals surface area contributed by atoms with Crippen molar-refractivity contribution in [1.29, 1.82) is 0 Å². The van der Waals surface area contributed by atoms with Crippen molar-refractivity contribution in [1.82, 2.24) is 10.6 Å². The van der Waals surface area contributed by atoms with Crippen LogP contribution >= 0.6 is 0 Å². The summed E-state index contributed by atoms with van der Waals surface area (Å²) in [6.07, 6.45) is 0. The number of carbonyl (C=O) groups excluding carboxylic acids is 1. The highest BCUT2D eigenvalue weighted by molar-refractivity contribution is 5.89. The first-order valence-corrected chi connectivity index (χ1v) is 6.60. The van der Waals surface area contributed by atoms with Crippen LogP contribution in [-0.2, 0) is 13.1 Å². The average molecular weight is 269 g/mol. The van der Waals surface area contributed by atoms with Crippen LogP contribution in [-0.4, -0.2) is 13.1 Å². The van der Waals surface area contributed by atoms with Gasteiger partial charge in [0.05, 0.1) is 0 Å². The summed E-state index contributed by atoms with van der Waals surface area (Å²) in [5, 5.41) is 8.75. The molecule has 0 aliphatic heterocycles. The van der Waals surface area contributed by atoms with Gasteiger partial charge in [0.2, 0.25) is 0 Å². The molecule has 2 rings (SSSR count). The summed E-state index contributed by atoms with van der Waals surface area (Å²) in [4.78, 5) is 11.8. The van der Waals surface area contributed by atoms with Crippen molar-refractivity contribution in [3.05, 3.63) is 65.7 Å². The number of hydrogen-bond donors (Lipinski definition) is 3. The first kappa shape index (κ1) is 14.1. The van der Waals surface area contributed by atoms with Crippen LogP contribution in [0.2, 0.25) is 0 Å². The third kappa shape index (κ3) is 4.40. The molecule has 0 saturated carbocycles.